The van der Waals surface area contributed by atoms with Gasteiger partial charge in [-0.1, -0.05) is 12.1 Å². The zero-order chi connectivity index (χ0) is 29.3. The number of aromatic nitrogens is 3. The molecular weight excluding hydrogens is 551 g/mol. The zero-order valence-corrected chi connectivity index (χ0v) is 23.3. The van der Waals surface area contributed by atoms with Crippen LogP contribution in [0.15, 0.2) is 54.6 Å². The van der Waals surface area contributed by atoms with E-state index in [1.807, 2.05) is 18.2 Å². The number of hydrogen-bond donors (Lipinski definition) is 1. The molecule has 1 aliphatic carbocycles. The summed E-state index contributed by atoms with van der Waals surface area (Å²) in [5, 5.41) is 18.5. The van der Waals surface area contributed by atoms with Crippen LogP contribution in [0.1, 0.15) is 46.6 Å². The number of piperazine rings is 1. The highest BCUT2D eigenvalue weighted by Crippen LogP contribution is 2.61. The summed E-state index contributed by atoms with van der Waals surface area (Å²) in [6, 6.07) is 17.9. The molecule has 8 rings (SSSR count). The van der Waals surface area contributed by atoms with E-state index in [9.17, 15) is 14.3 Å². The molecule has 3 saturated heterocycles. The van der Waals surface area contributed by atoms with Gasteiger partial charge in [-0.05, 0) is 55.7 Å². The fourth-order valence-corrected chi connectivity index (χ4v) is 7.29. The van der Waals surface area contributed by atoms with Crippen LogP contribution in [-0.2, 0) is 24.4 Å². The maximum atomic E-state index is 14.3. The van der Waals surface area contributed by atoms with Gasteiger partial charge in [-0.3, -0.25) is 4.90 Å². The van der Waals surface area contributed by atoms with E-state index in [1.165, 1.54) is 6.07 Å². The lowest BCUT2D eigenvalue weighted by molar-refractivity contribution is -0.192. The molecule has 1 saturated carbocycles. The van der Waals surface area contributed by atoms with Crippen LogP contribution >= 0.6 is 0 Å². The van der Waals surface area contributed by atoms with Gasteiger partial charge in [0.05, 0.1) is 59.0 Å². The molecule has 11 heteroatoms. The van der Waals surface area contributed by atoms with Crippen molar-refractivity contribution >= 4 is 22.8 Å². The van der Waals surface area contributed by atoms with Crippen molar-refractivity contribution in [3.05, 3.63) is 82.9 Å². The SMILES string of the molecule is N#Cc1ccc(COc2cccc(N3CC4N(Cc5nc6ccc(C(=O)O)cc6n5C[C@@H]5CCO5)C5CCC543)n2)c(F)c1. The van der Waals surface area contributed by atoms with Crippen molar-refractivity contribution in [1.29, 1.82) is 5.26 Å². The Morgan fingerprint density at radius 1 is 1.16 bits per heavy atom. The lowest BCUT2D eigenvalue weighted by Crippen LogP contribution is -2.96. The van der Waals surface area contributed by atoms with Gasteiger partial charge < -0.3 is 24.0 Å². The quantitative estimate of drug-likeness (QED) is 0.312. The second kappa shape index (κ2) is 9.76. The Kier molecular flexibility index (Phi) is 5.93. The molecule has 0 amide bonds. The largest absolute Gasteiger partial charge is 0.478 e. The second-order valence-corrected chi connectivity index (χ2v) is 11.8. The highest BCUT2D eigenvalue weighted by Gasteiger charge is 2.75. The average molecular weight is 581 g/mol. The number of aromatic carboxylic acids is 1. The summed E-state index contributed by atoms with van der Waals surface area (Å²) in [4.78, 5) is 26.3. The van der Waals surface area contributed by atoms with Crippen LogP contribution in [0.2, 0.25) is 0 Å². The van der Waals surface area contributed by atoms with Gasteiger partial charge in [-0.2, -0.15) is 10.2 Å². The molecule has 4 aliphatic rings. The summed E-state index contributed by atoms with van der Waals surface area (Å²) >= 11 is 0. The van der Waals surface area contributed by atoms with Crippen molar-refractivity contribution in [2.45, 2.75) is 62.7 Å². The molecular formula is C32H29FN6O4. The number of anilines is 1. The molecule has 0 bridgehead atoms. The van der Waals surface area contributed by atoms with Crippen LogP contribution < -0.4 is 9.64 Å². The maximum Gasteiger partial charge on any atom is 0.335 e. The first-order valence-corrected chi connectivity index (χ1v) is 14.6. The summed E-state index contributed by atoms with van der Waals surface area (Å²) in [5.41, 5.74) is 2.59. The Morgan fingerprint density at radius 2 is 2.05 bits per heavy atom. The molecule has 4 aromatic rings. The predicted octanol–water partition coefficient (Wildman–Crippen LogP) is 4.11. The van der Waals surface area contributed by atoms with E-state index in [4.69, 9.17) is 24.7 Å². The van der Waals surface area contributed by atoms with Gasteiger partial charge in [0, 0.05) is 30.8 Å². The molecule has 1 spiro atoms. The first kappa shape index (κ1) is 26.1. The molecule has 3 unspecified atom stereocenters. The Hall–Kier alpha value is -4.53. The van der Waals surface area contributed by atoms with Crippen molar-refractivity contribution in [3.63, 3.8) is 0 Å². The number of hydrogen-bond acceptors (Lipinski definition) is 8. The van der Waals surface area contributed by atoms with E-state index in [-0.39, 0.29) is 29.4 Å². The van der Waals surface area contributed by atoms with Crippen molar-refractivity contribution in [1.82, 2.24) is 19.4 Å². The fourth-order valence-electron chi connectivity index (χ4n) is 7.29. The highest BCUT2D eigenvalue weighted by atomic mass is 19.1. The van der Waals surface area contributed by atoms with Crippen molar-refractivity contribution in [3.8, 4) is 11.9 Å². The smallest absolute Gasteiger partial charge is 0.335 e. The third-order valence-corrected chi connectivity index (χ3v) is 9.75. The van der Waals surface area contributed by atoms with Gasteiger partial charge in [-0.15, -0.1) is 0 Å². The Labute approximate surface area is 246 Å². The van der Waals surface area contributed by atoms with E-state index in [1.54, 1.807) is 36.4 Å². The van der Waals surface area contributed by atoms with Crippen molar-refractivity contribution in [2.24, 2.45) is 0 Å². The molecule has 218 valence electrons. The number of carboxylic acids is 1. The number of carbonyl (C=O) groups is 1. The molecule has 0 radical (unpaired) electrons. The Balaban J connectivity index is 0.988. The molecule has 1 N–H and O–H groups in total. The van der Waals surface area contributed by atoms with Crippen LogP contribution in [0.5, 0.6) is 5.88 Å². The lowest BCUT2D eigenvalue weighted by Gasteiger charge is -2.80. The highest BCUT2D eigenvalue weighted by molar-refractivity contribution is 5.92. The number of piperidine rings is 1. The van der Waals surface area contributed by atoms with E-state index < -0.39 is 11.8 Å². The minimum Gasteiger partial charge on any atom is -0.478 e. The standard InChI is InChI=1S/C32H29FN6O4/c33-23-12-19(14-34)4-5-21(23)18-43-30-3-1-2-28(36-30)39-16-27-32(39)10-8-26(32)38(27)17-29-35-24-7-6-20(31(40)41)13-25(24)37(29)15-22-9-11-42-22/h1-7,12-13,22,26-27H,8-11,15-18H2,(H,40,41)/t22-,26?,27?,32?/m0/s1. The summed E-state index contributed by atoms with van der Waals surface area (Å²) in [6.45, 7) is 2.99. The lowest BCUT2D eigenvalue weighted by atomic mass is 9.52. The number of carboxylic acid groups (broad SMARTS) is 1. The monoisotopic (exact) mass is 580 g/mol. The number of imidazole rings is 1. The van der Waals surface area contributed by atoms with Crippen LogP contribution in [-0.4, -0.2) is 67.4 Å². The van der Waals surface area contributed by atoms with Crippen LogP contribution in [0.25, 0.3) is 11.0 Å². The first-order chi connectivity index (χ1) is 20.9. The number of ether oxygens (including phenoxy) is 2. The molecule has 4 atom stereocenters. The fraction of sp³-hybridized carbons (Fsp3) is 0.375. The molecule has 43 heavy (non-hydrogen) atoms. The number of pyridine rings is 1. The van der Waals surface area contributed by atoms with Gasteiger partial charge in [-0.25, -0.2) is 14.2 Å². The van der Waals surface area contributed by atoms with Gasteiger partial charge in [0.1, 0.15) is 24.1 Å². The number of nitrogens with zero attached hydrogens (tertiary/aromatic N) is 6. The molecule has 2 aromatic heterocycles. The van der Waals surface area contributed by atoms with Crippen molar-refractivity contribution in [2.75, 3.05) is 18.1 Å². The third-order valence-electron chi connectivity index (χ3n) is 9.75. The van der Waals surface area contributed by atoms with Crippen molar-refractivity contribution < 1.29 is 23.8 Å². The molecule has 5 heterocycles. The summed E-state index contributed by atoms with van der Waals surface area (Å²) in [6.07, 6.45) is 3.30. The topological polar surface area (TPSA) is 117 Å². The van der Waals surface area contributed by atoms with E-state index in [2.05, 4.69) is 14.4 Å². The van der Waals surface area contributed by atoms with E-state index in [0.717, 1.165) is 55.1 Å². The Morgan fingerprint density at radius 3 is 2.74 bits per heavy atom. The number of halogens is 1. The van der Waals surface area contributed by atoms with E-state index in [0.29, 0.717) is 36.6 Å². The van der Waals surface area contributed by atoms with Crippen LogP contribution in [0.4, 0.5) is 10.2 Å². The number of benzene rings is 2. The summed E-state index contributed by atoms with van der Waals surface area (Å²) in [5.74, 6) is 0.810. The maximum absolute atomic E-state index is 14.3. The predicted molar refractivity (Wildman–Crippen MR) is 153 cm³/mol. The summed E-state index contributed by atoms with van der Waals surface area (Å²) in [7, 11) is 0. The van der Waals surface area contributed by atoms with Gasteiger partial charge in [0.15, 0.2) is 0 Å². The second-order valence-electron chi connectivity index (χ2n) is 11.8. The molecule has 3 aliphatic heterocycles. The normalized spacial score (nSPS) is 25.4. The first-order valence-electron chi connectivity index (χ1n) is 14.6. The Bertz CT molecular complexity index is 1810. The minimum atomic E-state index is -0.947. The van der Waals surface area contributed by atoms with Crippen LogP contribution in [0.3, 0.4) is 0 Å². The minimum absolute atomic E-state index is 0.0268. The van der Waals surface area contributed by atoms with Gasteiger partial charge >= 0.3 is 5.97 Å². The average Bonchev–Trinajstić information content (AvgIpc) is 3.29. The summed E-state index contributed by atoms with van der Waals surface area (Å²) < 4.78 is 28.0. The third kappa shape index (κ3) is 4.01. The number of fused-ring (bicyclic) bond motifs is 1. The van der Waals surface area contributed by atoms with Crippen LogP contribution in [0, 0.1) is 17.1 Å². The molecule has 2 aromatic carbocycles. The number of nitriles is 1. The molecule has 4 fully saturated rings. The number of rotatable bonds is 9. The zero-order valence-electron chi connectivity index (χ0n) is 23.3. The van der Waals surface area contributed by atoms with Gasteiger partial charge in [0.2, 0.25) is 5.88 Å². The number of likely N-dealkylation sites (tertiary alicyclic amines) is 1. The van der Waals surface area contributed by atoms with E-state index >= 15 is 0 Å². The molecule has 10 nitrogen and oxygen atoms in total. The van der Waals surface area contributed by atoms with Gasteiger partial charge in [0.25, 0.3) is 0 Å².